The number of aryl methyl sites for hydroxylation is 2. The van der Waals surface area contributed by atoms with Crippen LogP contribution in [-0.2, 0) is 21.1 Å². The zero-order valence-corrected chi connectivity index (χ0v) is 37.9. The van der Waals surface area contributed by atoms with E-state index in [9.17, 15) is 13.2 Å². The quantitative estimate of drug-likeness (QED) is 0.109. The highest BCUT2D eigenvalue weighted by Crippen LogP contribution is 2.43. The van der Waals surface area contributed by atoms with Crippen LogP contribution in [0.25, 0.3) is 77.8 Å². The number of benzene rings is 1. The van der Waals surface area contributed by atoms with E-state index in [0.717, 1.165) is 109 Å². The van der Waals surface area contributed by atoms with Crippen LogP contribution in [0.3, 0.4) is 0 Å². The molecule has 0 bridgehead atoms. The summed E-state index contributed by atoms with van der Waals surface area (Å²) in [4.78, 5) is 38.1. The van der Waals surface area contributed by atoms with Crippen LogP contribution in [0.1, 0.15) is 74.1 Å². The fourth-order valence-electron chi connectivity index (χ4n) is 10.2. The van der Waals surface area contributed by atoms with Crippen molar-refractivity contribution < 1.29 is 17.9 Å². The molecule has 9 aromatic heterocycles. The number of carbonyl (C=O) groups is 1. The lowest BCUT2D eigenvalue weighted by Gasteiger charge is -2.35. The van der Waals surface area contributed by atoms with Crippen molar-refractivity contribution in [3.63, 3.8) is 0 Å². The van der Waals surface area contributed by atoms with Crippen LogP contribution < -0.4 is 4.74 Å². The van der Waals surface area contributed by atoms with Gasteiger partial charge in [-0.25, -0.2) is 18.4 Å². The van der Waals surface area contributed by atoms with Crippen molar-refractivity contribution >= 4 is 60.1 Å². The van der Waals surface area contributed by atoms with Crippen molar-refractivity contribution in [2.45, 2.75) is 71.6 Å². The van der Waals surface area contributed by atoms with E-state index in [2.05, 4.69) is 30.5 Å². The standard InChI is InChI=1S/C49H45N13O4S/c1-27-41-40(55-44-36(25-53-61(44)46(41)59-57-27)31-6-8-38(51-23-31)32-5-4-16-50-22-32)19-29-10-14-49(3,15-11-29)48(63)66-35-7-9-39-33(21-35)20-34(24-52-39)37-26-54-62-45(37)56-43(42-28(2)58-60-47(42)62)30-12-17-67(64,65)18-13-30/h4-9,16,20-26,29-30H,10-15,17-19H2,1-3H3,(H,57,59)(H,58,60). The van der Waals surface area contributed by atoms with Crippen LogP contribution in [0.15, 0.2) is 85.7 Å². The molecule has 2 aliphatic rings. The zero-order valence-electron chi connectivity index (χ0n) is 37.1. The smallest absolute Gasteiger partial charge is 0.317 e. The monoisotopic (exact) mass is 911 g/mol. The minimum atomic E-state index is -3.05. The molecule has 2 fully saturated rings. The third-order valence-electron chi connectivity index (χ3n) is 14.1. The molecule has 0 spiro atoms. The Morgan fingerprint density at radius 2 is 1.46 bits per heavy atom. The molecule has 0 amide bonds. The maximum absolute atomic E-state index is 14.0. The molecule has 1 saturated heterocycles. The lowest BCUT2D eigenvalue weighted by atomic mass is 9.70. The number of pyridine rings is 3. The topological polar surface area (TPSA) is 217 Å². The Morgan fingerprint density at radius 3 is 2.18 bits per heavy atom. The summed E-state index contributed by atoms with van der Waals surface area (Å²) in [5.41, 5.74) is 11.5. The van der Waals surface area contributed by atoms with Gasteiger partial charge in [0, 0.05) is 75.3 Å². The number of nitrogens with zero attached hydrogens (tertiary/aromatic N) is 11. The number of esters is 1. The minimum absolute atomic E-state index is 0.0212. The van der Waals surface area contributed by atoms with E-state index >= 15 is 0 Å². The zero-order chi connectivity index (χ0) is 45.6. The molecule has 0 unspecified atom stereocenters. The number of ether oxygens (including phenoxy) is 1. The second-order valence-electron chi connectivity index (χ2n) is 18.5. The van der Waals surface area contributed by atoms with Crippen LogP contribution in [0.4, 0.5) is 0 Å². The van der Waals surface area contributed by atoms with Crippen molar-refractivity contribution in [3.8, 4) is 39.3 Å². The van der Waals surface area contributed by atoms with Crippen molar-refractivity contribution in [2.75, 3.05) is 11.5 Å². The summed E-state index contributed by atoms with van der Waals surface area (Å²) in [5, 5.41) is 27.5. The molecule has 67 heavy (non-hydrogen) atoms. The van der Waals surface area contributed by atoms with Crippen molar-refractivity contribution in [3.05, 3.63) is 108 Å². The lowest BCUT2D eigenvalue weighted by Crippen LogP contribution is -2.36. The number of rotatable bonds is 8. The summed E-state index contributed by atoms with van der Waals surface area (Å²) in [6.45, 7) is 5.97. The molecule has 17 nitrogen and oxygen atoms in total. The van der Waals surface area contributed by atoms with Crippen molar-refractivity contribution in [1.82, 2.24) is 64.5 Å². The molecule has 1 aliphatic heterocycles. The normalized spacial score (nSPS) is 19.0. The van der Waals surface area contributed by atoms with Gasteiger partial charge in [0.2, 0.25) is 0 Å². The van der Waals surface area contributed by atoms with Gasteiger partial charge in [-0.15, -0.1) is 0 Å². The molecule has 336 valence electrons. The van der Waals surface area contributed by atoms with E-state index in [4.69, 9.17) is 29.8 Å². The van der Waals surface area contributed by atoms with Gasteiger partial charge in [-0.1, -0.05) is 6.07 Å². The molecule has 10 heterocycles. The first-order valence-electron chi connectivity index (χ1n) is 22.6. The number of aromatic nitrogens is 13. The average molecular weight is 912 g/mol. The first-order chi connectivity index (χ1) is 32.5. The van der Waals surface area contributed by atoms with Crippen LogP contribution >= 0.6 is 0 Å². The molecule has 2 N–H and O–H groups in total. The molecule has 18 heteroatoms. The summed E-state index contributed by atoms with van der Waals surface area (Å²) >= 11 is 0. The van der Waals surface area contributed by atoms with E-state index in [1.165, 1.54) is 0 Å². The highest BCUT2D eigenvalue weighted by molar-refractivity contribution is 7.91. The number of aromatic amines is 2. The number of nitrogens with one attached hydrogen (secondary N) is 2. The lowest BCUT2D eigenvalue weighted by molar-refractivity contribution is -0.147. The van der Waals surface area contributed by atoms with Crippen LogP contribution in [-0.4, -0.2) is 90.4 Å². The van der Waals surface area contributed by atoms with Gasteiger partial charge in [0.05, 0.1) is 62.7 Å². The molecule has 12 rings (SSSR count). The molecule has 1 saturated carbocycles. The number of H-pyrrole nitrogens is 2. The van der Waals surface area contributed by atoms with E-state index in [0.29, 0.717) is 48.6 Å². The summed E-state index contributed by atoms with van der Waals surface area (Å²) in [6, 6.07) is 15.4. The number of hydrogen-bond donors (Lipinski definition) is 2. The molecular weight excluding hydrogens is 867 g/mol. The third-order valence-corrected chi connectivity index (χ3v) is 15.8. The van der Waals surface area contributed by atoms with Gasteiger partial charge < -0.3 is 4.74 Å². The maximum Gasteiger partial charge on any atom is 0.317 e. The van der Waals surface area contributed by atoms with Gasteiger partial charge >= 0.3 is 5.97 Å². The molecule has 0 atom stereocenters. The summed E-state index contributed by atoms with van der Waals surface area (Å²) in [6.07, 6.45) is 15.6. The second-order valence-corrected chi connectivity index (χ2v) is 20.8. The summed E-state index contributed by atoms with van der Waals surface area (Å²) < 4.78 is 34.3. The Bertz CT molecular complexity index is 3690. The van der Waals surface area contributed by atoms with E-state index < -0.39 is 15.3 Å². The predicted octanol–water partition coefficient (Wildman–Crippen LogP) is 8.12. The number of carbonyl (C=O) groups excluding carboxylic acids is 1. The highest BCUT2D eigenvalue weighted by atomic mass is 32.2. The SMILES string of the molecule is Cc1[nH]nc2c1c(CC1CCC(C)(C(=O)Oc3ccc4ncc(-c5cnn6c5nc(C5CCS(=O)(=O)CC5)c5c(C)[nH]nc56)cc4c3)CC1)nc1c(-c3ccc(-c4cccnc4)nc3)cnn12. The van der Waals surface area contributed by atoms with Crippen LogP contribution in [0, 0.1) is 25.2 Å². The van der Waals surface area contributed by atoms with Gasteiger partial charge in [0.25, 0.3) is 0 Å². The molecule has 10 aromatic rings. The maximum atomic E-state index is 14.0. The van der Waals surface area contributed by atoms with Gasteiger partial charge in [0.1, 0.15) is 15.6 Å². The first-order valence-corrected chi connectivity index (χ1v) is 24.4. The molecule has 1 aliphatic carbocycles. The second kappa shape index (κ2) is 15.6. The summed E-state index contributed by atoms with van der Waals surface area (Å²) in [5.74, 6) is 0.769. The molecule has 1 aromatic carbocycles. The minimum Gasteiger partial charge on any atom is -0.426 e. The number of hydrogen-bond acceptors (Lipinski definition) is 13. The highest BCUT2D eigenvalue weighted by Gasteiger charge is 2.40. The third kappa shape index (κ3) is 7.08. The summed E-state index contributed by atoms with van der Waals surface area (Å²) in [7, 11) is -3.05. The Morgan fingerprint density at radius 1 is 0.761 bits per heavy atom. The molecule has 0 radical (unpaired) electrons. The molecular formula is C49H45N13O4S. The van der Waals surface area contributed by atoms with Gasteiger partial charge in [-0.05, 0) is 114 Å². The fourth-order valence-corrected chi connectivity index (χ4v) is 11.6. The van der Waals surface area contributed by atoms with Gasteiger partial charge in [0.15, 0.2) is 22.6 Å². The first kappa shape index (κ1) is 41.0. The van der Waals surface area contributed by atoms with Crippen LogP contribution in [0.5, 0.6) is 5.75 Å². The van der Waals surface area contributed by atoms with E-state index in [1.807, 2.05) is 75.6 Å². The van der Waals surface area contributed by atoms with Gasteiger partial charge in [-0.3, -0.25) is 29.9 Å². The predicted molar refractivity (Wildman–Crippen MR) is 252 cm³/mol. The van der Waals surface area contributed by atoms with E-state index in [1.54, 1.807) is 39.9 Å². The number of sulfone groups is 1. The van der Waals surface area contributed by atoms with Crippen LogP contribution in [0.2, 0.25) is 0 Å². The number of fused-ring (bicyclic) bond motifs is 7. The van der Waals surface area contributed by atoms with Crippen molar-refractivity contribution in [2.24, 2.45) is 11.3 Å². The van der Waals surface area contributed by atoms with E-state index in [-0.39, 0.29) is 23.4 Å². The average Bonchev–Trinajstić information content (AvgIpc) is 4.15. The van der Waals surface area contributed by atoms with Crippen molar-refractivity contribution in [1.29, 1.82) is 0 Å². The fraction of sp³-hybridized carbons (Fsp3) is 0.306. The Balaban J connectivity index is 0.766. The largest absolute Gasteiger partial charge is 0.426 e. The Hall–Kier alpha value is -7.47. The Kier molecular flexibility index (Phi) is 9.53. The van der Waals surface area contributed by atoms with Gasteiger partial charge in [-0.2, -0.15) is 29.4 Å². The Labute approximate surface area is 383 Å².